The number of hydrogen-bond acceptors (Lipinski definition) is 4. The Morgan fingerprint density at radius 3 is 1.76 bits per heavy atom. The predicted octanol–water partition coefficient (Wildman–Crippen LogP) is 12.9. The molecule has 0 fully saturated rings. The standard InChI is InChI=1S/C20H13BrN2O2.C15H10BrNO2.C6H5I/c21-16-8-9-19(23(24)25)18(13-16)15-7-6-14-10-11-22(20(14)12-15)17-4-2-1-3-5-17;16-13-6-7-15(17(18)19)14(9-13)12-5-4-10-2-1-3-11(10)8-12;7-6-4-2-1-3-5-6/h1-13H;1-2,4-9H,3H2;1-5H. The summed E-state index contributed by atoms with van der Waals surface area (Å²) in [5, 5.41) is 23.6. The minimum atomic E-state index is -0.345. The summed E-state index contributed by atoms with van der Waals surface area (Å²) < 4.78 is 5.03. The molecule has 252 valence electrons. The molecule has 10 heteroatoms. The van der Waals surface area contributed by atoms with E-state index in [0.717, 1.165) is 43.1 Å². The van der Waals surface area contributed by atoms with Gasteiger partial charge in [0, 0.05) is 36.5 Å². The molecule has 1 aliphatic carbocycles. The lowest BCUT2D eigenvalue weighted by Crippen LogP contribution is -1.94. The predicted molar refractivity (Wildman–Crippen MR) is 221 cm³/mol. The third-order valence-corrected chi connectivity index (χ3v) is 9.88. The number of nitrogens with zero attached hydrogens (tertiary/aromatic N) is 3. The van der Waals surface area contributed by atoms with Gasteiger partial charge in [0.1, 0.15) is 0 Å². The van der Waals surface area contributed by atoms with E-state index in [1.165, 1.54) is 26.8 Å². The third kappa shape index (κ3) is 8.70. The fourth-order valence-corrected chi connectivity index (χ4v) is 6.88. The van der Waals surface area contributed by atoms with Crippen molar-refractivity contribution in [2.75, 3.05) is 0 Å². The summed E-state index contributed by atoms with van der Waals surface area (Å²) in [6, 6.07) is 44.2. The van der Waals surface area contributed by atoms with E-state index in [2.05, 4.69) is 83.3 Å². The fourth-order valence-electron chi connectivity index (χ4n) is 5.75. The van der Waals surface area contributed by atoms with Gasteiger partial charge in [0.05, 0.1) is 26.5 Å². The van der Waals surface area contributed by atoms with Gasteiger partial charge >= 0.3 is 0 Å². The summed E-state index contributed by atoms with van der Waals surface area (Å²) in [7, 11) is 0. The van der Waals surface area contributed by atoms with Crippen LogP contribution in [0.15, 0.2) is 161 Å². The molecule has 0 aliphatic heterocycles. The Kier molecular flexibility index (Phi) is 11.5. The maximum atomic E-state index is 11.4. The first-order chi connectivity index (χ1) is 24.7. The molecule has 1 heterocycles. The van der Waals surface area contributed by atoms with Gasteiger partial charge in [-0.3, -0.25) is 20.2 Å². The van der Waals surface area contributed by atoms with E-state index in [-0.39, 0.29) is 21.2 Å². The van der Waals surface area contributed by atoms with E-state index in [1.807, 2.05) is 97.2 Å². The number of fused-ring (bicyclic) bond motifs is 2. The Morgan fingerprint density at radius 1 is 0.627 bits per heavy atom. The molecule has 51 heavy (non-hydrogen) atoms. The molecule has 0 atom stereocenters. The fraction of sp³-hybridized carbons (Fsp3) is 0.0244. The Labute approximate surface area is 325 Å². The maximum Gasteiger partial charge on any atom is 0.277 e. The van der Waals surface area contributed by atoms with Crippen molar-refractivity contribution in [1.82, 2.24) is 4.57 Å². The SMILES string of the molecule is Ic1ccccc1.O=[N+]([O-])c1ccc(Br)cc1-c1ccc2c(c1)CC=C2.O=[N+]([O-])c1ccc(Br)cc1-c1ccc2ccn(-c3ccccc3)c2c1. The van der Waals surface area contributed by atoms with E-state index in [0.29, 0.717) is 11.1 Å². The second-order valence-corrected chi connectivity index (χ2v) is 14.5. The molecule has 0 saturated carbocycles. The zero-order valence-electron chi connectivity index (χ0n) is 26.8. The first-order valence-electron chi connectivity index (χ1n) is 15.7. The van der Waals surface area contributed by atoms with Crippen LogP contribution in [-0.4, -0.2) is 14.4 Å². The van der Waals surface area contributed by atoms with E-state index in [4.69, 9.17) is 0 Å². The maximum absolute atomic E-state index is 11.4. The molecule has 7 nitrogen and oxygen atoms in total. The minimum Gasteiger partial charge on any atom is -0.317 e. The van der Waals surface area contributed by atoms with Crippen LogP contribution in [0.25, 0.3) is 44.9 Å². The summed E-state index contributed by atoms with van der Waals surface area (Å²) in [4.78, 5) is 21.8. The molecular weight excluding hydrogens is 885 g/mol. The Morgan fingerprint density at radius 2 is 1.20 bits per heavy atom. The lowest BCUT2D eigenvalue weighted by atomic mass is 9.99. The zero-order valence-corrected chi connectivity index (χ0v) is 32.2. The lowest BCUT2D eigenvalue weighted by Gasteiger charge is -2.08. The molecule has 1 aliphatic rings. The zero-order chi connectivity index (χ0) is 35.9. The monoisotopic (exact) mass is 911 g/mol. The second-order valence-electron chi connectivity index (χ2n) is 11.4. The van der Waals surface area contributed by atoms with Crippen LogP contribution in [0.1, 0.15) is 11.1 Å². The smallest absolute Gasteiger partial charge is 0.277 e. The lowest BCUT2D eigenvalue weighted by molar-refractivity contribution is -0.384. The topological polar surface area (TPSA) is 91.2 Å². The van der Waals surface area contributed by atoms with E-state index in [9.17, 15) is 20.2 Å². The molecule has 8 rings (SSSR count). The summed E-state index contributed by atoms with van der Waals surface area (Å²) in [6.45, 7) is 0. The first kappa shape index (κ1) is 35.9. The average molecular weight is 913 g/mol. The van der Waals surface area contributed by atoms with Gasteiger partial charge < -0.3 is 4.57 Å². The van der Waals surface area contributed by atoms with E-state index >= 15 is 0 Å². The molecule has 0 amide bonds. The number of rotatable bonds is 5. The molecule has 0 N–H and O–H groups in total. The number of aromatic nitrogens is 1. The van der Waals surface area contributed by atoms with Crippen LogP contribution in [0.4, 0.5) is 11.4 Å². The van der Waals surface area contributed by atoms with Crippen LogP contribution in [0.5, 0.6) is 0 Å². The van der Waals surface area contributed by atoms with E-state index in [1.54, 1.807) is 24.3 Å². The van der Waals surface area contributed by atoms with Crippen molar-refractivity contribution in [3.8, 4) is 27.9 Å². The van der Waals surface area contributed by atoms with Gasteiger partial charge in [-0.2, -0.15) is 0 Å². The third-order valence-electron chi connectivity index (χ3n) is 8.17. The quantitative estimate of drug-likeness (QED) is 0.0977. The molecule has 7 aromatic rings. The number of hydrogen-bond donors (Lipinski definition) is 0. The normalized spacial score (nSPS) is 11.2. The summed E-state index contributed by atoms with van der Waals surface area (Å²) in [5.74, 6) is 0. The molecule has 1 aromatic heterocycles. The number of benzene rings is 6. The highest BCUT2D eigenvalue weighted by Crippen LogP contribution is 2.36. The van der Waals surface area contributed by atoms with Crippen molar-refractivity contribution < 1.29 is 9.85 Å². The summed E-state index contributed by atoms with van der Waals surface area (Å²) >= 11 is 9.06. The second kappa shape index (κ2) is 16.4. The van der Waals surface area contributed by atoms with Gasteiger partial charge in [-0.15, -0.1) is 0 Å². The van der Waals surface area contributed by atoms with Gasteiger partial charge in [-0.1, -0.05) is 105 Å². The molecule has 0 unspecified atom stereocenters. The Hall–Kier alpha value is -4.91. The highest BCUT2D eigenvalue weighted by molar-refractivity contribution is 14.1. The van der Waals surface area contributed by atoms with Crippen LogP contribution < -0.4 is 0 Å². The first-order valence-corrected chi connectivity index (χ1v) is 18.4. The van der Waals surface area contributed by atoms with Crippen molar-refractivity contribution in [1.29, 1.82) is 0 Å². The molecule has 0 bridgehead atoms. The number of nitro benzene ring substituents is 2. The highest BCUT2D eigenvalue weighted by atomic mass is 127. The van der Waals surface area contributed by atoms with Crippen LogP contribution in [0.2, 0.25) is 0 Å². The molecule has 0 radical (unpaired) electrons. The average Bonchev–Trinajstić information content (AvgIpc) is 3.79. The van der Waals surface area contributed by atoms with Crippen LogP contribution in [0, 0.1) is 23.8 Å². The van der Waals surface area contributed by atoms with Crippen molar-refractivity contribution in [3.63, 3.8) is 0 Å². The van der Waals surface area contributed by atoms with Gasteiger partial charge in [0.15, 0.2) is 0 Å². The van der Waals surface area contributed by atoms with Crippen LogP contribution >= 0.6 is 54.5 Å². The molecule has 6 aromatic carbocycles. The Bertz CT molecular complexity index is 2400. The van der Waals surface area contributed by atoms with E-state index < -0.39 is 0 Å². The summed E-state index contributed by atoms with van der Waals surface area (Å²) in [5.41, 5.74) is 7.65. The van der Waals surface area contributed by atoms with Crippen LogP contribution in [0.3, 0.4) is 0 Å². The Balaban J connectivity index is 0.000000151. The van der Waals surface area contributed by atoms with Crippen molar-refractivity contribution in [2.45, 2.75) is 6.42 Å². The number of allylic oxidation sites excluding steroid dienone is 1. The van der Waals surface area contributed by atoms with Crippen molar-refractivity contribution in [3.05, 3.63) is 196 Å². The molecular formula is C41H28Br2IN3O4. The minimum absolute atomic E-state index is 0.0976. The van der Waals surface area contributed by atoms with Crippen LogP contribution in [-0.2, 0) is 6.42 Å². The van der Waals surface area contributed by atoms with Gasteiger partial charge in [-0.25, -0.2) is 0 Å². The highest BCUT2D eigenvalue weighted by Gasteiger charge is 2.18. The number of nitro groups is 2. The largest absolute Gasteiger partial charge is 0.317 e. The molecule has 0 saturated heterocycles. The van der Waals surface area contributed by atoms with Gasteiger partial charge in [-0.05, 0) is 123 Å². The van der Waals surface area contributed by atoms with Gasteiger partial charge in [0.2, 0.25) is 0 Å². The summed E-state index contributed by atoms with van der Waals surface area (Å²) in [6.07, 6.45) is 7.09. The van der Waals surface area contributed by atoms with Crippen molar-refractivity contribution >= 4 is 82.8 Å². The van der Waals surface area contributed by atoms with Gasteiger partial charge in [0.25, 0.3) is 11.4 Å². The number of para-hydroxylation sites is 1. The molecule has 0 spiro atoms. The number of halogens is 3. The van der Waals surface area contributed by atoms with Crippen molar-refractivity contribution in [2.24, 2.45) is 0 Å².